The summed E-state index contributed by atoms with van der Waals surface area (Å²) >= 11 is 12.1. The highest BCUT2D eigenvalue weighted by Gasteiger charge is 2.13. The molecule has 1 aromatic heterocycles. The summed E-state index contributed by atoms with van der Waals surface area (Å²) in [4.78, 5) is 4.09. The summed E-state index contributed by atoms with van der Waals surface area (Å²) in [7, 11) is 0. The molecule has 1 heterocycles. The van der Waals surface area contributed by atoms with Crippen LogP contribution in [0.1, 0.15) is 35.2 Å². The van der Waals surface area contributed by atoms with Gasteiger partial charge in [-0.05, 0) is 50.5 Å². The zero-order chi connectivity index (χ0) is 14.9. The zero-order valence-electron chi connectivity index (χ0n) is 12.1. The first-order valence-corrected chi connectivity index (χ1v) is 7.30. The highest BCUT2D eigenvalue weighted by Crippen LogP contribution is 2.30. The lowest BCUT2D eigenvalue weighted by atomic mass is 10.00. The molecule has 1 atom stereocenters. The molecule has 1 N–H and O–H groups in total. The van der Waals surface area contributed by atoms with Gasteiger partial charge in [-0.1, -0.05) is 47.0 Å². The van der Waals surface area contributed by atoms with Gasteiger partial charge in [0, 0.05) is 6.04 Å². The second-order valence-electron chi connectivity index (χ2n) is 5.15. The van der Waals surface area contributed by atoms with E-state index in [9.17, 15) is 0 Å². The number of pyridine rings is 1. The van der Waals surface area contributed by atoms with Crippen molar-refractivity contribution < 1.29 is 0 Å². The van der Waals surface area contributed by atoms with E-state index >= 15 is 0 Å². The lowest BCUT2D eigenvalue weighted by Gasteiger charge is -2.20. The van der Waals surface area contributed by atoms with Gasteiger partial charge in [0.1, 0.15) is 5.15 Å². The normalized spacial score (nSPS) is 12.3. The summed E-state index contributed by atoms with van der Waals surface area (Å²) in [5.41, 5.74) is 5.61. The highest BCUT2D eigenvalue weighted by molar-refractivity contribution is 6.34. The molecule has 0 saturated carbocycles. The average Bonchev–Trinajstić information content (AvgIpc) is 2.33. The standard InChI is InChI=1S/C16H18Cl2N2/c1-9-5-6-13(10(2)7-9)12(4)19-15-11(3)8-14(17)20-16(15)18/h5-8,12,19H,1-4H3. The van der Waals surface area contributed by atoms with E-state index in [1.165, 1.54) is 16.7 Å². The molecule has 0 aliphatic carbocycles. The van der Waals surface area contributed by atoms with E-state index in [0.717, 1.165) is 11.3 Å². The lowest BCUT2D eigenvalue weighted by molar-refractivity contribution is 0.869. The van der Waals surface area contributed by atoms with Crippen LogP contribution in [0.4, 0.5) is 5.69 Å². The van der Waals surface area contributed by atoms with Gasteiger partial charge in [0.25, 0.3) is 0 Å². The van der Waals surface area contributed by atoms with Crippen LogP contribution >= 0.6 is 23.2 Å². The summed E-state index contributed by atoms with van der Waals surface area (Å²) in [5.74, 6) is 0. The van der Waals surface area contributed by atoms with Gasteiger partial charge in [-0.25, -0.2) is 4.98 Å². The maximum absolute atomic E-state index is 6.17. The number of nitrogens with one attached hydrogen (secondary N) is 1. The smallest absolute Gasteiger partial charge is 0.154 e. The third-order valence-corrected chi connectivity index (χ3v) is 3.86. The summed E-state index contributed by atoms with van der Waals surface area (Å²) in [6.45, 7) is 8.30. The number of rotatable bonds is 3. The fourth-order valence-electron chi connectivity index (χ4n) is 2.37. The van der Waals surface area contributed by atoms with Crippen LogP contribution in [0, 0.1) is 20.8 Å². The van der Waals surface area contributed by atoms with Crippen molar-refractivity contribution in [2.45, 2.75) is 33.7 Å². The SMILES string of the molecule is Cc1ccc(C(C)Nc2c(C)cc(Cl)nc2Cl)c(C)c1. The van der Waals surface area contributed by atoms with Crippen LogP contribution < -0.4 is 5.32 Å². The van der Waals surface area contributed by atoms with Crippen molar-refractivity contribution in [2.24, 2.45) is 0 Å². The Balaban J connectivity index is 2.30. The molecule has 0 amide bonds. The summed E-state index contributed by atoms with van der Waals surface area (Å²) in [6.07, 6.45) is 0. The molecule has 2 aromatic rings. The van der Waals surface area contributed by atoms with Crippen molar-refractivity contribution in [3.8, 4) is 0 Å². The maximum atomic E-state index is 6.17. The fourth-order valence-corrected chi connectivity index (χ4v) is 2.96. The Labute approximate surface area is 130 Å². The number of aromatic nitrogens is 1. The molecule has 1 aromatic carbocycles. The highest BCUT2D eigenvalue weighted by atomic mass is 35.5. The number of benzene rings is 1. The molecule has 2 rings (SSSR count). The van der Waals surface area contributed by atoms with Gasteiger partial charge < -0.3 is 5.32 Å². The Kier molecular flexibility index (Phi) is 4.56. The molecule has 0 saturated heterocycles. The fraction of sp³-hybridized carbons (Fsp3) is 0.312. The maximum Gasteiger partial charge on any atom is 0.154 e. The molecule has 0 spiro atoms. The molecule has 1 unspecified atom stereocenters. The van der Waals surface area contributed by atoms with Crippen LogP contribution in [0.5, 0.6) is 0 Å². The Hall–Kier alpha value is -1.25. The van der Waals surface area contributed by atoms with Crippen LogP contribution in [0.15, 0.2) is 24.3 Å². The molecule has 106 valence electrons. The van der Waals surface area contributed by atoms with E-state index in [2.05, 4.69) is 49.3 Å². The first-order valence-electron chi connectivity index (χ1n) is 6.55. The van der Waals surface area contributed by atoms with Crippen molar-refractivity contribution in [1.29, 1.82) is 0 Å². The van der Waals surface area contributed by atoms with Crippen molar-refractivity contribution in [3.63, 3.8) is 0 Å². The van der Waals surface area contributed by atoms with E-state index in [1.807, 2.05) is 13.0 Å². The minimum absolute atomic E-state index is 0.148. The Morgan fingerprint density at radius 3 is 2.35 bits per heavy atom. The van der Waals surface area contributed by atoms with E-state index in [-0.39, 0.29) is 6.04 Å². The van der Waals surface area contributed by atoms with Crippen LogP contribution in [0.3, 0.4) is 0 Å². The van der Waals surface area contributed by atoms with E-state index in [0.29, 0.717) is 10.3 Å². The topological polar surface area (TPSA) is 24.9 Å². The van der Waals surface area contributed by atoms with Gasteiger partial charge in [-0.3, -0.25) is 0 Å². The van der Waals surface area contributed by atoms with Gasteiger partial charge in [0.2, 0.25) is 0 Å². The molecule has 0 fully saturated rings. The van der Waals surface area contributed by atoms with Gasteiger partial charge in [0.05, 0.1) is 5.69 Å². The van der Waals surface area contributed by atoms with Crippen molar-refractivity contribution in [3.05, 3.63) is 56.8 Å². The molecular formula is C16H18Cl2N2. The number of hydrogen-bond donors (Lipinski definition) is 1. The van der Waals surface area contributed by atoms with Gasteiger partial charge >= 0.3 is 0 Å². The predicted molar refractivity (Wildman–Crippen MR) is 86.9 cm³/mol. The number of aryl methyl sites for hydroxylation is 3. The van der Waals surface area contributed by atoms with E-state index < -0.39 is 0 Å². The summed E-state index contributed by atoms with van der Waals surface area (Å²) in [6, 6.07) is 8.41. The molecule has 0 radical (unpaired) electrons. The van der Waals surface area contributed by atoms with Crippen LogP contribution in [-0.2, 0) is 0 Å². The van der Waals surface area contributed by atoms with Crippen LogP contribution in [0.25, 0.3) is 0 Å². The van der Waals surface area contributed by atoms with Crippen molar-refractivity contribution >= 4 is 28.9 Å². The Bertz CT molecular complexity index is 615. The second kappa shape index (κ2) is 6.02. The Morgan fingerprint density at radius 2 is 1.75 bits per heavy atom. The van der Waals surface area contributed by atoms with E-state index in [1.54, 1.807) is 0 Å². The van der Waals surface area contributed by atoms with Crippen molar-refractivity contribution in [2.75, 3.05) is 5.32 Å². The summed E-state index contributed by atoms with van der Waals surface area (Å²) < 4.78 is 0. The third kappa shape index (κ3) is 3.25. The number of nitrogens with zero attached hydrogens (tertiary/aromatic N) is 1. The lowest BCUT2D eigenvalue weighted by Crippen LogP contribution is -2.10. The van der Waals surface area contributed by atoms with Gasteiger partial charge in [0.15, 0.2) is 5.15 Å². The zero-order valence-corrected chi connectivity index (χ0v) is 13.6. The quantitative estimate of drug-likeness (QED) is 0.759. The average molecular weight is 309 g/mol. The predicted octanol–water partition coefficient (Wildman–Crippen LogP) is 5.49. The number of hydrogen-bond acceptors (Lipinski definition) is 2. The number of halogens is 2. The first kappa shape index (κ1) is 15.1. The number of anilines is 1. The molecular weight excluding hydrogens is 291 g/mol. The second-order valence-corrected chi connectivity index (χ2v) is 5.90. The van der Waals surface area contributed by atoms with Gasteiger partial charge in [-0.2, -0.15) is 0 Å². The molecule has 4 heteroatoms. The largest absolute Gasteiger partial charge is 0.376 e. The molecule has 0 aliphatic heterocycles. The first-order chi connectivity index (χ1) is 9.38. The van der Waals surface area contributed by atoms with E-state index in [4.69, 9.17) is 23.2 Å². The van der Waals surface area contributed by atoms with Gasteiger partial charge in [-0.15, -0.1) is 0 Å². The molecule has 0 aliphatic rings. The Morgan fingerprint density at radius 1 is 1.05 bits per heavy atom. The van der Waals surface area contributed by atoms with Crippen LogP contribution in [-0.4, -0.2) is 4.98 Å². The third-order valence-electron chi connectivity index (χ3n) is 3.39. The molecule has 0 bridgehead atoms. The molecule has 2 nitrogen and oxygen atoms in total. The molecule has 20 heavy (non-hydrogen) atoms. The minimum atomic E-state index is 0.148. The van der Waals surface area contributed by atoms with Crippen molar-refractivity contribution in [1.82, 2.24) is 4.98 Å². The summed E-state index contributed by atoms with van der Waals surface area (Å²) in [5, 5.41) is 4.25. The minimum Gasteiger partial charge on any atom is -0.376 e. The monoisotopic (exact) mass is 308 g/mol. The van der Waals surface area contributed by atoms with Crippen LogP contribution in [0.2, 0.25) is 10.3 Å².